The van der Waals surface area contributed by atoms with Crippen LogP contribution in [0.15, 0.2) is 82.4 Å². The molecule has 1 N–H and O–H groups in total. The number of amides is 1. The normalized spacial score (nSPS) is 10.8. The Bertz CT molecular complexity index is 1010. The van der Waals surface area contributed by atoms with E-state index >= 15 is 0 Å². The molecule has 0 saturated carbocycles. The number of nitrogens with one attached hydrogen (secondary N) is 1. The van der Waals surface area contributed by atoms with Gasteiger partial charge in [0.2, 0.25) is 5.91 Å². The SMILES string of the molecule is COc1cc(/C=N\NC(=O)CSCc2ccccc2)ccc1OCc1ccc(Br)cc1. The predicted octanol–water partition coefficient (Wildman–Crippen LogP) is 5.42. The molecule has 0 aliphatic heterocycles. The van der Waals surface area contributed by atoms with Crippen molar-refractivity contribution in [2.75, 3.05) is 12.9 Å². The second-order valence-electron chi connectivity index (χ2n) is 6.60. The zero-order valence-electron chi connectivity index (χ0n) is 17.1. The van der Waals surface area contributed by atoms with Gasteiger partial charge in [0.1, 0.15) is 6.61 Å². The van der Waals surface area contributed by atoms with Crippen LogP contribution in [0.4, 0.5) is 0 Å². The molecule has 0 fully saturated rings. The second-order valence-corrected chi connectivity index (χ2v) is 8.50. The van der Waals surface area contributed by atoms with Gasteiger partial charge in [-0.25, -0.2) is 5.43 Å². The van der Waals surface area contributed by atoms with Gasteiger partial charge in [0.05, 0.1) is 19.1 Å². The highest BCUT2D eigenvalue weighted by molar-refractivity contribution is 9.10. The lowest BCUT2D eigenvalue weighted by molar-refractivity contribution is -0.118. The molecule has 0 aliphatic carbocycles. The average molecular weight is 499 g/mol. The summed E-state index contributed by atoms with van der Waals surface area (Å²) in [6.07, 6.45) is 1.58. The zero-order valence-corrected chi connectivity index (χ0v) is 19.5. The van der Waals surface area contributed by atoms with E-state index in [2.05, 4.69) is 26.5 Å². The number of halogens is 1. The summed E-state index contributed by atoms with van der Waals surface area (Å²) in [6, 6.07) is 23.5. The minimum absolute atomic E-state index is 0.140. The quantitative estimate of drug-likeness (QED) is 0.299. The molecule has 3 rings (SSSR count). The van der Waals surface area contributed by atoms with E-state index in [0.717, 1.165) is 21.4 Å². The summed E-state index contributed by atoms with van der Waals surface area (Å²) < 4.78 is 12.3. The van der Waals surface area contributed by atoms with E-state index < -0.39 is 0 Å². The fraction of sp³-hybridized carbons (Fsp3) is 0.167. The van der Waals surface area contributed by atoms with Crippen molar-refractivity contribution in [3.63, 3.8) is 0 Å². The van der Waals surface area contributed by atoms with Gasteiger partial charge in [-0.3, -0.25) is 4.79 Å². The van der Waals surface area contributed by atoms with Gasteiger partial charge in [-0.2, -0.15) is 5.10 Å². The predicted molar refractivity (Wildman–Crippen MR) is 130 cm³/mol. The number of hydrogen-bond donors (Lipinski definition) is 1. The van der Waals surface area contributed by atoms with Crippen molar-refractivity contribution in [2.45, 2.75) is 12.4 Å². The summed E-state index contributed by atoms with van der Waals surface area (Å²) in [7, 11) is 1.59. The second kappa shape index (κ2) is 12.2. The van der Waals surface area contributed by atoms with E-state index in [9.17, 15) is 4.79 Å². The van der Waals surface area contributed by atoms with Crippen LogP contribution in [-0.4, -0.2) is 25.0 Å². The van der Waals surface area contributed by atoms with Crippen LogP contribution in [0.1, 0.15) is 16.7 Å². The van der Waals surface area contributed by atoms with Crippen molar-refractivity contribution in [2.24, 2.45) is 5.10 Å². The van der Waals surface area contributed by atoms with Gasteiger partial charge in [-0.05, 0) is 47.0 Å². The molecule has 0 spiro atoms. The molecule has 0 heterocycles. The lowest BCUT2D eigenvalue weighted by Crippen LogP contribution is -2.19. The Morgan fingerprint density at radius 2 is 1.81 bits per heavy atom. The van der Waals surface area contributed by atoms with Crippen LogP contribution in [0.2, 0.25) is 0 Å². The van der Waals surface area contributed by atoms with Crippen molar-refractivity contribution in [1.29, 1.82) is 0 Å². The third-order valence-corrected chi connectivity index (χ3v) is 5.78. The number of hydrazone groups is 1. The summed E-state index contributed by atoms with van der Waals surface area (Å²) in [5.41, 5.74) is 5.60. The molecule has 160 valence electrons. The molecule has 0 unspecified atom stereocenters. The van der Waals surface area contributed by atoms with Gasteiger partial charge < -0.3 is 9.47 Å². The summed E-state index contributed by atoms with van der Waals surface area (Å²) in [4.78, 5) is 11.9. The van der Waals surface area contributed by atoms with Gasteiger partial charge in [0, 0.05) is 10.2 Å². The molecule has 0 bridgehead atoms. The Hall–Kier alpha value is -2.77. The maximum absolute atomic E-state index is 11.9. The third-order valence-electron chi connectivity index (χ3n) is 4.24. The minimum Gasteiger partial charge on any atom is -0.493 e. The molecule has 0 aromatic heterocycles. The van der Waals surface area contributed by atoms with Crippen molar-refractivity contribution >= 4 is 39.8 Å². The van der Waals surface area contributed by atoms with E-state index in [4.69, 9.17) is 9.47 Å². The highest BCUT2D eigenvalue weighted by atomic mass is 79.9. The number of rotatable bonds is 10. The molecular formula is C24H23BrN2O3S. The van der Waals surface area contributed by atoms with Crippen LogP contribution in [0.25, 0.3) is 0 Å². The topological polar surface area (TPSA) is 59.9 Å². The van der Waals surface area contributed by atoms with Gasteiger partial charge in [0.15, 0.2) is 11.5 Å². The van der Waals surface area contributed by atoms with Crippen molar-refractivity contribution in [3.8, 4) is 11.5 Å². The highest BCUT2D eigenvalue weighted by Crippen LogP contribution is 2.28. The van der Waals surface area contributed by atoms with Crippen LogP contribution in [0, 0.1) is 0 Å². The summed E-state index contributed by atoms with van der Waals surface area (Å²) in [5.74, 6) is 2.24. The first kappa shape index (κ1) is 22.9. The van der Waals surface area contributed by atoms with Gasteiger partial charge in [0.25, 0.3) is 0 Å². The highest BCUT2D eigenvalue weighted by Gasteiger charge is 2.06. The molecule has 0 aliphatic rings. The largest absolute Gasteiger partial charge is 0.493 e. The maximum Gasteiger partial charge on any atom is 0.250 e. The fourth-order valence-corrected chi connectivity index (χ4v) is 3.72. The smallest absolute Gasteiger partial charge is 0.250 e. The average Bonchev–Trinajstić information content (AvgIpc) is 2.80. The Balaban J connectivity index is 1.47. The van der Waals surface area contributed by atoms with Crippen LogP contribution >= 0.6 is 27.7 Å². The Morgan fingerprint density at radius 3 is 2.55 bits per heavy atom. The molecule has 5 nitrogen and oxygen atoms in total. The molecule has 0 saturated heterocycles. The molecular weight excluding hydrogens is 476 g/mol. The number of thioether (sulfide) groups is 1. The van der Waals surface area contributed by atoms with Crippen molar-refractivity contribution in [3.05, 3.63) is 94.0 Å². The van der Waals surface area contributed by atoms with Crippen molar-refractivity contribution in [1.82, 2.24) is 5.43 Å². The molecule has 7 heteroatoms. The number of ether oxygens (including phenoxy) is 2. The lowest BCUT2D eigenvalue weighted by Gasteiger charge is -2.11. The lowest BCUT2D eigenvalue weighted by atomic mass is 10.2. The van der Waals surface area contributed by atoms with Gasteiger partial charge in [-0.15, -0.1) is 11.8 Å². The molecule has 1 amide bonds. The van der Waals surface area contributed by atoms with E-state index in [0.29, 0.717) is 23.9 Å². The Morgan fingerprint density at radius 1 is 1.03 bits per heavy atom. The molecule has 0 atom stereocenters. The van der Waals surface area contributed by atoms with E-state index in [1.165, 1.54) is 5.56 Å². The van der Waals surface area contributed by atoms with E-state index in [-0.39, 0.29) is 5.91 Å². The first-order valence-electron chi connectivity index (χ1n) is 9.63. The third kappa shape index (κ3) is 7.77. The van der Waals surface area contributed by atoms with Crippen LogP contribution in [0.3, 0.4) is 0 Å². The van der Waals surface area contributed by atoms with E-state index in [1.54, 1.807) is 25.1 Å². The number of nitrogens with zero attached hydrogens (tertiary/aromatic N) is 1. The standard InChI is InChI=1S/C24H23BrN2O3S/c1-29-23-13-20(9-12-22(23)30-15-18-7-10-21(25)11-8-18)14-26-27-24(28)17-31-16-19-5-3-2-4-6-19/h2-14H,15-17H2,1H3,(H,27,28)/b26-14-. The summed E-state index contributed by atoms with van der Waals surface area (Å²) >= 11 is 4.97. The van der Waals surface area contributed by atoms with Gasteiger partial charge in [-0.1, -0.05) is 58.4 Å². The number of methoxy groups -OCH3 is 1. The van der Waals surface area contributed by atoms with Crippen LogP contribution in [0.5, 0.6) is 11.5 Å². The van der Waals surface area contributed by atoms with Gasteiger partial charge >= 0.3 is 0 Å². The van der Waals surface area contributed by atoms with Crippen LogP contribution < -0.4 is 14.9 Å². The maximum atomic E-state index is 11.9. The first-order valence-corrected chi connectivity index (χ1v) is 11.6. The molecule has 0 radical (unpaired) electrons. The Labute approximate surface area is 195 Å². The minimum atomic E-state index is -0.140. The molecule has 31 heavy (non-hydrogen) atoms. The number of carbonyl (C=O) groups is 1. The number of hydrogen-bond acceptors (Lipinski definition) is 5. The molecule has 3 aromatic rings. The summed E-state index contributed by atoms with van der Waals surface area (Å²) in [6.45, 7) is 0.438. The first-order chi connectivity index (χ1) is 15.1. The number of carbonyl (C=O) groups excluding carboxylic acids is 1. The van der Waals surface area contributed by atoms with E-state index in [1.807, 2.05) is 72.8 Å². The molecule has 3 aromatic carbocycles. The zero-order chi connectivity index (χ0) is 21.9. The summed E-state index contributed by atoms with van der Waals surface area (Å²) in [5, 5.41) is 4.04. The van der Waals surface area contributed by atoms with Crippen LogP contribution in [-0.2, 0) is 17.2 Å². The van der Waals surface area contributed by atoms with Crippen molar-refractivity contribution < 1.29 is 14.3 Å². The fourth-order valence-electron chi connectivity index (χ4n) is 2.67. The number of benzene rings is 3. The monoisotopic (exact) mass is 498 g/mol. The Kier molecular flexibility index (Phi) is 8.99.